The molecule has 0 atom stereocenters. The van der Waals surface area contributed by atoms with Crippen molar-refractivity contribution in [2.75, 3.05) is 40.1 Å². The van der Waals surface area contributed by atoms with E-state index in [2.05, 4.69) is 0 Å². The van der Waals surface area contributed by atoms with Gasteiger partial charge < -0.3 is 107 Å². The summed E-state index contributed by atoms with van der Waals surface area (Å²) in [4.78, 5) is 115. The van der Waals surface area contributed by atoms with Crippen LogP contribution in [0.3, 0.4) is 0 Å². The van der Waals surface area contributed by atoms with Gasteiger partial charge in [-0.2, -0.15) is 0 Å². The number of rotatable bonds is 11. The van der Waals surface area contributed by atoms with Gasteiger partial charge in [-0.3, -0.25) is 0 Å². The van der Waals surface area contributed by atoms with Crippen LogP contribution in [0.15, 0.2) is 127 Å². The van der Waals surface area contributed by atoms with Crippen molar-refractivity contribution in [3.8, 4) is 11.5 Å². The number of carboxylic acids is 11. The number of para-hydroxylation sites is 1. The Morgan fingerprint density at radius 2 is 0.659 bits per heavy atom. The van der Waals surface area contributed by atoms with E-state index in [9.17, 15) is 57.1 Å². The normalized spacial score (nSPS) is 9.52. The number of benzene rings is 7. The molecular weight excluding hydrogens is 1140 g/mol. The zero-order valence-corrected chi connectivity index (χ0v) is 42.8. The van der Waals surface area contributed by atoms with Crippen LogP contribution in [-0.2, 0) is 0 Å². The van der Waals surface area contributed by atoms with Crippen molar-refractivity contribution in [2.45, 2.75) is 0 Å². The maximum atomic E-state index is 12.4. The Bertz CT molecular complexity index is 3560. The second-order valence-electron chi connectivity index (χ2n) is 15.9. The number of aromatic hydroxyl groups is 2. The Balaban J connectivity index is 0.000000496. The summed E-state index contributed by atoms with van der Waals surface area (Å²) in [6, 6.07) is 25.5. The van der Waals surface area contributed by atoms with E-state index in [4.69, 9.17) is 107 Å². The van der Waals surface area contributed by atoms with E-state index in [0.29, 0.717) is 0 Å². The number of anilines is 7. The average Bonchev–Trinajstić information content (AvgIpc) is 3.60. The molecule has 0 radical (unpaired) electrons. The molecule has 0 fully saturated rings. The van der Waals surface area contributed by atoms with Crippen LogP contribution < -0.4 is 40.1 Å². The van der Waals surface area contributed by atoms with Crippen LogP contribution in [0.4, 0.5) is 44.2 Å². The summed E-state index contributed by atoms with van der Waals surface area (Å²) in [6.07, 6.45) is 0. The molecule has 27 N–H and O–H groups in total. The largest absolute Gasteiger partial charge is 0.508 e. The van der Waals surface area contributed by atoms with E-state index < -0.39 is 71.5 Å². The Kier molecular flexibility index (Phi) is 26.3. The van der Waals surface area contributed by atoms with E-state index in [-0.39, 0.29) is 113 Å². The van der Waals surface area contributed by atoms with Crippen LogP contribution in [0.2, 0.25) is 0 Å². The highest BCUT2D eigenvalue weighted by atomic mass is 19.1. The summed E-state index contributed by atoms with van der Waals surface area (Å²) < 4.78 is 12.4. The number of aromatic carboxylic acids is 11. The van der Waals surface area contributed by atoms with E-state index in [1.54, 1.807) is 0 Å². The maximum absolute atomic E-state index is 12.4. The lowest BCUT2D eigenvalue weighted by Gasteiger charge is -2.03. The highest BCUT2D eigenvalue weighted by Gasteiger charge is 2.19. The summed E-state index contributed by atoms with van der Waals surface area (Å²) in [5, 5.41) is 112. The van der Waals surface area contributed by atoms with E-state index in [1.165, 1.54) is 91.0 Å². The van der Waals surface area contributed by atoms with Crippen molar-refractivity contribution in [1.29, 1.82) is 0 Å². The maximum Gasteiger partial charge on any atom is 0.338 e. The molecule has 31 nitrogen and oxygen atoms in total. The summed E-state index contributed by atoms with van der Waals surface area (Å²) >= 11 is 0. The molecular formula is C53H48FN7O24. The summed E-state index contributed by atoms with van der Waals surface area (Å²) in [7, 11) is 0. The molecule has 0 saturated carbocycles. The van der Waals surface area contributed by atoms with Gasteiger partial charge in [-0.1, -0.05) is 12.1 Å². The topological polar surface area (TPSA) is 633 Å². The lowest BCUT2D eigenvalue weighted by atomic mass is 10.1. The number of carboxylic acid groups (broad SMARTS) is 11. The highest BCUT2D eigenvalue weighted by Crippen LogP contribution is 2.22. The predicted molar refractivity (Wildman–Crippen MR) is 296 cm³/mol. The van der Waals surface area contributed by atoms with Gasteiger partial charge in [0.05, 0.1) is 78.3 Å². The van der Waals surface area contributed by atoms with Gasteiger partial charge in [0.15, 0.2) is 0 Å². The minimum absolute atomic E-state index is 0.0103. The standard InChI is InChI=1S/4C8H7NO4.C7H6FNO2.2C7H7NO3/c9-6-2-4(7(10)11)1-5(3-6)8(12)13;9-6-2-1-4(7(10)11)3-5(6)8(12)13;9-5-3-1-2-4(7(10)11)6(5)8(12)13;9-6-4(7(10)11)2-1-3-5(6)8(12)13;8-5-2-1-4(7(10)11)3-6(5)9;8-5-1-4(7(10)11)2-6(9)3-5;8-5-3-4(7(10)11)1-2-6(5)9/h4*1-3H,9H2,(H,10,11)(H,12,13);1-3H,9H2,(H,10,11);2*1-3,9H,8H2,(H,10,11). The van der Waals surface area contributed by atoms with Crippen LogP contribution in [0.25, 0.3) is 0 Å². The molecule has 0 heterocycles. The first kappa shape index (κ1) is 69.9. The Morgan fingerprint density at radius 3 is 1.04 bits per heavy atom. The van der Waals surface area contributed by atoms with Crippen molar-refractivity contribution in [2.24, 2.45) is 0 Å². The number of phenolic OH excluding ortho intramolecular Hbond substituents is 2. The first-order valence-corrected chi connectivity index (χ1v) is 22.3. The van der Waals surface area contributed by atoms with Gasteiger partial charge >= 0.3 is 65.7 Å². The highest BCUT2D eigenvalue weighted by molar-refractivity contribution is 6.06. The van der Waals surface area contributed by atoms with Crippen LogP contribution in [0.1, 0.15) is 114 Å². The Hall–Kier alpha value is -13.2. The molecule has 85 heavy (non-hydrogen) atoms. The molecule has 32 heteroatoms. The van der Waals surface area contributed by atoms with Gasteiger partial charge in [0.25, 0.3) is 0 Å². The van der Waals surface area contributed by atoms with Crippen LogP contribution in [0, 0.1) is 5.82 Å². The van der Waals surface area contributed by atoms with Crippen molar-refractivity contribution in [3.05, 3.63) is 194 Å². The predicted octanol–water partition coefficient (Wildman–Crippen LogP) is 5.11. The van der Waals surface area contributed by atoms with Crippen LogP contribution in [0.5, 0.6) is 11.5 Å². The van der Waals surface area contributed by atoms with Gasteiger partial charge in [0.2, 0.25) is 0 Å². The number of nitrogens with two attached hydrogens (primary N) is 7. The number of hydrogen-bond donors (Lipinski definition) is 20. The summed E-state index contributed by atoms with van der Waals surface area (Å²) in [5.74, 6) is -14.0. The lowest BCUT2D eigenvalue weighted by Crippen LogP contribution is -2.10. The zero-order valence-electron chi connectivity index (χ0n) is 42.8. The smallest absolute Gasteiger partial charge is 0.338 e. The monoisotopic (exact) mass is 1190 g/mol. The first-order chi connectivity index (χ1) is 39.4. The number of halogens is 1. The molecule has 0 bridgehead atoms. The molecule has 0 aromatic heterocycles. The molecule has 0 spiro atoms. The molecule has 0 aliphatic heterocycles. The third kappa shape index (κ3) is 22.6. The average molecular weight is 1190 g/mol. The van der Waals surface area contributed by atoms with E-state index >= 15 is 0 Å². The fraction of sp³-hybridized carbons (Fsp3) is 0. The second-order valence-corrected chi connectivity index (χ2v) is 15.9. The minimum atomic E-state index is -1.34. The lowest BCUT2D eigenvalue weighted by molar-refractivity contribution is 0.0652. The van der Waals surface area contributed by atoms with Gasteiger partial charge in [0.1, 0.15) is 17.3 Å². The van der Waals surface area contributed by atoms with Crippen molar-refractivity contribution < 1.29 is 124 Å². The van der Waals surface area contributed by atoms with Crippen LogP contribution in [-0.4, -0.2) is 132 Å². The first-order valence-electron chi connectivity index (χ1n) is 22.3. The van der Waals surface area contributed by atoms with Gasteiger partial charge in [-0.05, 0) is 109 Å². The minimum Gasteiger partial charge on any atom is -0.508 e. The Morgan fingerprint density at radius 1 is 0.294 bits per heavy atom. The van der Waals surface area contributed by atoms with E-state index in [0.717, 1.165) is 36.4 Å². The SMILES string of the molecule is Nc1c(C(=O)O)cccc1C(=O)O.Nc1cc(C(=O)O)cc(C(=O)O)c1.Nc1cc(C(=O)O)ccc1F.Nc1cc(C(=O)O)ccc1O.Nc1cc(O)cc(C(=O)O)c1.Nc1ccc(C(=O)O)cc1C(=O)O.Nc1cccc(C(=O)O)c1C(=O)O. The quantitative estimate of drug-likeness (QED) is 0.0590. The Labute approximate surface area is 473 Å². The fourth-order valence-corrected chi connectivity index (χ4v) is 5.82. The van der Waals surface area contributed by atoms with Crippen LogP contribution >= 0.6 is 0 Å². The summed E-state index contributed by atoms with van der Waals surface area (Å²) in [5.41, 5.74) is 35.4. The third-order valence-electron chi connectivity index (χ3n) is 9.79. The molecule has 7 aromatic rings. The van der Waals surface area contributed by atoms with Gasteiger partial charge in [0, 0.05) is 28.8 Å². The molecule has 446 valence electrons. The van der Waals surface area contributed by atoms with E-state index in [1.807, 2.05) is 0 Å². The van der Waals surface area contributed by atoms with Gasteiger partial charge in [-0.15, -0.1) is 0 Å². The molecule has 0 amide bonds. The fourth-order valence-electron chi connectivity index (χ4n) is 5.82. The van der Waals surface area contributed by atoms with Crippen molar-refractivity contribution >= 4 is 105 Å². The molecule has 0 unspecified atom stereocenters. The number of carbonyl (C=O) groups is 11. The molecule has 0 aliphatic carbocycles. The third-order valence-corrected chi connectivity index (χ3v) is 9.79. The molecule has 7 aromatic carbocycles. The molecule has 0 saturated heterocycles. The number of hydrogen-bond acceptors (Lipinski definition) is 20. The van der Waals surface area contributed by atoms with Gasteiger partial charge in [-0.25, -0.2) is 57.1 Å². The summed E-state index contributed by atoms with van der Waals surface area (Å²) in [6.45, 7) is 0. The van der Waals surface area contributed by atoms with Crippen molar-refractivity contribution in [1.82, 2.24) is 0 Å². The second kappa shape index (κ2) is 32.0. The molecule has 7 rings (SSSR count). The molecule has 0 aliphatic rings. The van der Waals surface area contributed by atoms with Crippen molar-refractivity contribution in [3.63, 3.8) is 0 Å². The number of nitrogen functional groups attached to an aromatic ring is 7. The zero-order chi connectivity index (χ0) is 65.3. The number of phenols is 2.